The number of anilines is 1. The molecule has 1 unspecified atom stereocenters. The lowest BCUT2D eigenvalue weighted by Gasteiger charge is -2.33. The highest BCUT2D eigenvalue weighted by Crippen LogP contribution is 2.33. The highest BCUT2D eigenvalue weighted by molar-refractivity contribution is 7.89. The van der Waals surface area contributed by atoms with Gasteiger partial charge in [-0.25, -0.2) is 12.8 Å². The number of morpholine rings is 1. The van der Waals surface area contributed by atoms with Crippen LogP contribution in [0.3, 0.4) is 0 Å². The molecule has 0 saturated carbocycles. The van der Waals surface area contributed by atoms with Gasteiger partial charge in [0, 0.05) is 25.7 Å². The van der Waals surface area contributed by atoms with E-state index in [-0.39, 0.29) is 42.3 Å². The predicted octanol–water partition coefficient (Wildman–Crippen LogP) is 3.45. The molecule has 2 aromatic rings. The fraction of sp³-hybridized carbons (Fsp3) is 0.458. The molecular formula is C24H30FN3O5S. The van der Waals surface area contributed by atoms with Gasteiger partial charge in [0.2, 0.25) is 15.9 Å². The van der Waals surface area contributed by atoms with Crippen molar-refractivity contribution < 1.29 is 27.1 Å². The summed E-state index contributed by atoms with van der Waals surface area (Å²) < 4.78 is 52.2. The summed E-state index contributed by atoms with van der Waals surface area (Å²) in [6, 6.07) is 10.2. The second-order valence-electron chi connectivity index (χ2n) is 8.52. The molecule has 0 aliphatic carbocycles. The SMILES string of the molecule is CC1CCCCN1C(=O)CNc1cc(S(=O)(=O)N2CCOCC2)ccc1Oc1ccc(F)cc1. The maximum absolute atomic E-state index is 13.3. The number of nitrogens with zero attached hydrogens (tertiary/aromatic N) is 2. The molecule has 2 fully saturated rings. The highest BCUT2D eigenvalue weighted by atomic mass is 32.2. The van der Waals surface area contributed by atoms with Gasteiger partial charge in [-0.3, -0.25) is 4.79 Å². The maximum atomic E-state index is 13.3. The molecule has 2 aliphatic rings. The zero-order chi connectivity index (χ0) is 24.1. The van der Waals surface area contributed by atoms with Crippen LogP contribution in [0.5, 0.6) is 11.5 Å². The van der Waals surface area contributed by atoms with E-state index in [1.165, 1.54) is 40.7 Å². The van der Waals surface area contributed by atoms with Gasteiger partial charge in [0.05, 0.1) is 30.3 Å². The van der Waals surface area contributed by atoms with Gasteiger partial charge in [-0.15, -0.1) is 0 Å². The Bertz CT molecular complexity index is 1100. The van der Waals surface area contributed by atoms with E-state index in [2.05, 4.69) is 5.32 Å². The van der Waals surface area contributed by atoms with Crippen molar-refractivity contribution in [1.29, 1.82) is 0 Å². The molecule has 1 atom stereocenters. The predicted molar refractivity (Wildman–Crippen MR) is 126 cm³/mol. The van der Waals surface area contributed by atoms with Crippen LogP contribution < -0.4 is 10.1 Å². The summed E-state index contributed by atoms with van der Waals surface area (Å²) in [5, 5.41) is 3.08. The first-order chi connectivity index (χ1) is 16.3. The summed E-state index contributed by atoms with van der Waals surface area (Å²) in [7, 11) is -3.73. The molecule has 0 aromatic heterocycles. The van der Waals surface area contributed by atoms with Gasteiger partial charge in [-0.1, -0.05) is 0 Å². The number of carbonyl (C=O) groups is 1. The number of benzene rings is 2. The average Bonchev–Trinajstić information content (AvgIpc) is 2.85. The summed E-state index contributed by atoms with van der Waals surface area (Å²) in [6.07, 6.45) is 3.05. The molecule has 0 spiro atoms. The van der Waals surface area contributed by atoms with Gasteiger partial charge in [0.15, 0.2) is 5.75 Å². The van der Waals surface area contributed by atoms with Crippen molar-refractivity contribution >= 4 is 21.6 Å². The van der Waals surface area contributed by atoms with E-state index >= 15 is 0 Å². The zero-order valence-corrected chi connectivity index (χ0v) is 20.0. The van der Waals surface area contributed by atoms with Crippen molar-refractivity contribution in [2.24, 2.45) is 0 Å². The Hall–Kier alpha value is -2.69. The molecular weight excluding hydrogens is 461 g/mol. The summed E-state index contributed by atoms with van der Waals surface area (Å²) in [5.41, 5.74) is 0.372. The monoisotopic (exact) mass is 491 g/mol. The number of rotatable bonds is 7. The van der Waals surface area contributed by atoms with Crippen molar-refractivity contribution in [3.05, 3.63) is 48.3 Å². The number of ether oxygens (including phenoxy) is 2. The summed E-state index contributed by atoms with van der Waals surface area (Å²) >= 11 is 0. The van der Waals surface area contributed by atoms with Crippen LogP contribution >= 0.6 is 0 Å². The number of hydrogen-bond acceptors (Lipinski definition) is 6. The molecule has 2 aromatic carbocycles. The minimum absolute atomic E-state index is 0.00513. The van der Waals surface area contributed by atoms with Crippen LogP contribution in [-0.2, 0) is 19.6 Å². The third-order valence-electron chi connectivity index (χ3n) is 6.15. The Morgan fingerprint density at radius 2 is 1.85 bits per heavy atom. The maximum Gasteiger partial charge on any atom is 0.243 e. The fourth-order valence-corrected chi connectivity index (χ4v) is 5.64. The highest BCUT2D eigenvalue weighted by Gasteiger charge is 2.28. The van der Waals surface area contributed by atoms with Crippen LogP contribution in [0.1, 0.15) is 26.2 Å². The molecule has 2 heterocycles. The smallest absolute Gasteiger partial charge is 0.243 e. The third-order valence-corrected chi connectivity index (χ3v) is 8.05. The van der Waals surface area contributed by atoms with Gasteiger partial charge in [0.1, 0.15) is 11.6 Å². The van der Waals surface area contributed by atoms with E-state index in [0.29, 0.717) is 36.9 Å². The molecule has 0 bridgehead atoms. The van der Waals surface area contributed by atoms with Crippen LogP contribution in [0.25, 0.3) is 0 Å². The van der Waals surface area contributed by atoms with Crippen LogP contribution in [0.15, 0.2) is 47.4 Å². The number of amides is 1. The van der Waals surface area contributed by atoms with Gasteiger partial charge >= 0.3 is 0 Å². The van der Waals surface area contributed by atoms with Gasteiger partial charge in [0.25, 0.3) is 0 Å². The molecule has 10 heteroatoms. The Labute approximate surface area is 199 Å². The van der Waals surface area contributed by atoms with Crippen LogP contribution in [0.4, 0.5) is 10.1 Å². The van der Waals surface area contributed by atoms with Crippen LogP contribution in [0, 0.1) is 5.82 Å². The Kier molecular flexibility index (Phi) is 7.70. The van der Waals surface area contributed by atoms with Gasteiger partial charge in [-0.05, 0) is 68.7 Å². The van der Waals surface area contributed by atoms with Crippen molar-refractivity contribution in [2.75, 3.05) is 44.7 Å². The number of hydrogen-bond donors (Lipinski definition) is 1. The number of nitrogens with one attached hydrogen (secondary N) is 1. The number of carbonyl (C=O) groups excluding carboxylic acids is 1. The van der Waals surface area contributed by atoms with E-state index in [1.54, 1.807) is 6.07 Å². The van der Waals surface area contributed by atoms with Crippen LogP contribution in [0.2, 0.25) is 0 Å². The van der Waals surface area contributed by atoms with Gasteiger partial charge < -0.3 is 19.7 Å². The minimum Gasteiger partial charge on any atom is -0.455 e. The van der Waals surface area contributed by atoms with Crippen LogP contribution in [-0.4, -0.2) is 69.0 Å². The van der Waals surface area contributed by atoms with Crippen molar-refractivity contribution in [2.45, 2.75) is 37.1 Å². The molecule has 2 saturated heterocycles. The summed E-state index contributed by atoms with van der Waals surface area (Å²) in [4.78, 5) is 14.8. The molecule has 8 nitrogen and oxygen atoms in total. The van der Waals surface area contributed by atoms with E-state index < -0.39 is 10.0 Å². The number of halogens is 1. The largest absolute Gasteiger partial charge is 0.455 e. The third kappa shape index (κ3) is 5.68. The molecule has 2 aliphatic heterocycles. The number of piperidine rings is 1. The molecule has 184 valence electrons. The van der Waals surface area contributed by atoms with E-state index in [1.807, 2.05) is 11.8 Å². The summed E-state index contributed by atoms with van der Waals surface area (Å²) in [6.45, 7) is 4.01. The lowest BCUT2D eigenvalue weighted by atomic mass is 10.0. The Balaban J connectivity index is 1.58. The molecule has 4 rings (SSSR count). The number of likely N-dealkylation sites (tertiary alicyclic amines) is 1. The van der Waals surface area contributed by atoms with Crippen molar-refractivity contribution in [1.82, 2.24) is 9.21 Å². The quantitative estimate of drug-likeness (QED) is 0.638. The van der Waals surface area contributed by atoms with Crippen molar-refractivity contribution in [3.8, 4) is 11.5 Å². The zero-order valence-electron chi connectivity index (χ0n) is 19.2. The standard InChI is InChI=1S/C24H30FN3O5S/c1-18-4-2-3-11-28(18)24(29)17-26-22-16-21(34(30,31)27-12-14-32-15-13-27)9-10-23(22)33-20-7-5-19(25)6-8-20/h5-10,16,18,26H,2-4,11-15,17H2,1H3. The second-order valence-corrected chi connectivity index (χ2v) is 10.5. The Morgan fingerprint density at radius 1 is 1.12 bits per heavy atom. The first kappa shape index (κ1) is 24.4. The molecule has 34 heavy (non-hydrogen) atoms. The van der Waals surface area contributed by atoms with Crippen molar-refractivity contribution in [3.63, 3.8) is 0 Å². The average molecular weight is 492 g/mol. The lowest BCUT2D eigenvalue weighted by Crippen LogP contribution is -2.44. The van der Waals surface area contributed by atoms with E-state index in [4.69, 9.17) is 9.47 Å². The lowest BCUT2D eigenvalue weighted by molar-refractivity contribution is -0.132. The topological polar surface area (TPSA) is 88.2 Å². The summed E-state index contributed by atoms with van der Waals surface area (Å²) in [5.74, 6) is 0.288. The molecule has 1 amide bonds. The van der Waals surface area contributed by atoms with Gasteiger partial charge in [-0.2, -0.15) is 4.31 Å². The van der Waals surface area contributed by atoms with E-state index in [0.717, 1.165) is 19.3 Å². The fourth-order valence-electron chi connectivity index (χ4n) is 4.20. The van der Waals surface area contributed by atoms with E-state index in [9.17, 15) is 17.6 Å². The molecule has 1 N–H and O–H groups in total. The minimum atomic E-state index is -3.73. The first-order valence-electron chi connectivity index (χ1n) is 11.5. The Morgan fingerprint density at radius 3 is 2.56 bits per heavy atom. The molecule has 0 radical (unpaired) electrons. The normalized spacial score (nSPS) is 19.6. The second kappa shape index (κ2) is 10.7. The number of sulfonamides is 1. The first-order valence-corrected chi connectivity index (χ1v) is 13.0.